The number of carbonyl (C=O) groups excluding carboxylic acids is 2. The predicted molar refractivity (Wildman–Crippen MR) is 71.1 cm³/mol. The Balaban J connectivity index is 1.88. The SMILES string of the molecule is CC1NC(=O)C(C2CC2)N(Cc2ccccc2F)C1=O. The lowest BCUT2D eigenvalue weighted by molar-refractivity contribution is -0.150. The van der Waals surface area contributed by atoms with Gasteiger partial charge in [-0.3, -0.25) is 9.59 Å². The van der Waals surface area contributed by atoms with Crippen LogP contribution < -0.4 is 5.32 Å². The molecule has 1 saturated carbocycles. The topological polar surface area (TPSA) is 49.4 Å². The molecule has 3 rings (SSSR count). The van der Waals surface area contributed by atoms with Gasteiger partial charge in [0.1, 0.15) is 17.9 Å². The van der Waals surface area contributed by atoms with E-state index in [-0.39, 0.29) is 30.1 Å². The zero-order chi connectivity index (χ0) is 14.3. The minimum atomic E-state index is -0.538. The molecular formula is C15H17FN2O2. The molecule has 2 fully saturated rings. The van der Waals surface area contributed by atoms with Crippen molar-refractivity contribution in [1.82, 2.24) is 10.2 Å². The third kappa shape index (κ3) is 2.28. The molecule has 1 aromatic rings. The fraction of sp³-hybridized carbons (Fsp3) is 0.467. The molecule has 2 atom stereocenters. The van der Waals surface area contributed by atoms with Gasteiger partial charge in [0.15, 0.2) is 0 Å². The standard InChI is InChI=1S/C15H17FN2O2/c1-9-15(20)18(8-11-4-2-3-5-12(11)16)13(10-6-7-10)14(19)17-9/h2-5,9-10,13H,6-8H2,1H3,(H,17,19). The van der Waals surface area contributed by atoms with Crippen LogP contribution in [0.15, 0.2) is 24.3 Å². The summed E-state index contributed by atoms with van der Waals surface area (Å²) in [7, 11) is 0. The molecule has 5 heteroatoms. The van der Waals surface area contributed by atoms with Crippen molar-refractivity contribution < 1.29 is 14.0 Å². The van der Waals surface area contributed by atoms with Crippen LogP contribution >= 0.6 is 0 Å². The summed E-state index contributed by atoms with van der Waals surface area (Å²) in [5.41, 5.74) is 0.452. The fourth-order valence-corrected chi connectivity index (χ4v) is 2.75. The Kier molecular flexibility index (Phi) is 3.20. The molecular weight excluding hydrogens is 259 g/mol. The number of nitrogens with one attached hydrogen (secondary N) is 1. The van der Waals surface area contributed by atoms with Gasteiger partial charge in [-0.2, -0.15) is 0 Å². The molecule has 1 aliphatic heterocycles. The maximum atomic E-state index is 13.8. The zero-order valence-corrected chi connectivity index (χ0v) is 11.3. The van der Waals surface area contributed by atoms with Crippen LogP contribution in [0.5, 0.6) is 0 Å². The van der Waals surface area contributed by atoms with E-state index in [4.69, 9.17) is 0 Å². The second kappa shape index (κ2) is 4.89. The molecule has 2 aliphatic rings. The highest BCUT2D eigenvalue weighted by molar-refractivity contribution is 5.97. The summed E-state index contributed by atoms with van der Waals surface area (Å²) < 4.78 is 13.8. The van der Waals surface area contributed by atoms with Gasteiger partial charge in [0.05, 0.1) is 0 Å². The average molecular weight is 276 g/mol. The lowest BCUT2D eigenvalue weighted by Crippen LogP contribution is -2.62. The monoisotopic (exact) mass is 276 g/mol. The summed E-state index contributed by atoms with van der Waals surface area (Å²) in [5.74, 6) is -0.368. The molecule has 106 valence electrons. The maximum absolute atomic E-state index is 13.8. The lowest BCUT2D eigenvalue weighted by Gasteiger charge is -2.38. The molecule has 1 aliphatic carbocycles. The average Bonchev–Trinajstić information content (AvgIpc) is 3.22. The van der Waals surface area contributed by atoms with Gasteiger partial charge in [0.25, 0.3) is 0 Å². The summed E-state index contributed by atoms with van der Waals surface area (Å²) in [6, 6.07) is 5.40. The van der Waals surface area contributed by atoms with Gasteiger partial charge in [-0.15, -0.1) is 0 Å². The van der Waals surface area contributed by atoms with Crippen molar-refractivity contribution in [3.05, 3.63) is 35.6 Å². The van der Waals surface area contributed by atoms with Crippen molar-refractivity contribution in [2.24, 2.45) is 5.92 Å². The number of halogens is 1. The number of hydrogen-bond acceptors (Lipinski definition) is 2. The minimum absolute atomic E-state index is 0.115. The summed E-state index contributed by atoms with van der Waals surface area (Å²) in [6.45, 7) is 1.82. The van der Waals surface area contributed by atoms with Gasteiger partial charge in [0.2, 0.25) is 11.8 Å². The van der Waals surface area contributed by atoms with E-state index in [0.29, 0.717) is 5.56 Å². The van der Waals surface area contributed by atoms with Crippen LogP contribution in [0.3, 0.4) is 0 Å². The van der Waals surface area contributed by atoms with Crippen LogP contribution in [-0.4, -0.2) is 28.8 Å². The fourth-order valence-electron chi connectivity index (χ4n) is 2.75. The summed E-state index contributed by atoms with van der Waals surface area (Å²) in [4.78, 5) is 26.0. The van der Waals surface area contributed by atoms with E-state index < -0.39 is 12.1 Å². The molecule has 0 bridgehead atoms. The first kappa shape index (κ1) is 13.1. The second-order valence-corrected chi connectivity index (χ2v) is 5.57. The third-order valence-electron chi connectivity index (χ3n) is 3.98. The van der Waals surface area contributed by atoms with E-state index in [2.05, 4.69) is 5.32 Å². The molecule has 0 spiro atoms. The van der Waals surface area contributed by atoms with E-state index in [1.54, 1.807) is 30.0 Å². The third-order valence-corrected chi connectivity index (χ3v) is 3.98. The van der Waals surface area contributed by atoms with Gasteiger partial charge in [-0.05, 0) is 31.7 Å². The number of hydrogen-bond donors (Lipinski definition) is 1. The first-order valence-corrected chi connectivity index (χ1v) is 6.92. The van der Waals surface area contributed by atoms with Crippen LogP contribution in [0.1, 0.15) is 25.3 Å². The van der Waals surface area contributed by atoms with E-state index >= 15 is 0 Å². The number of nitrogens with zero attached hydrogens (tertiary/aromatic N) is 1. The molecule has 2 amide bonds. The lowest BCUT2D eigenvalue weighted by atomic mass is 10.0. The number of piperazine rings is 1. The quantitative estimate of drug-likeness (QED) is 0.908. The van der Waals surface area contributed by atoms with Crippen LogP contribution in [0.2, 0.25) is 0 Å². The molecule has 1 saturated heterocycles. The normalized spacial score (nSPS) is 26.6. The summed E-state index contributed by atoms with van der Waals surface area (Å²) in [5, 5.41) is 2.71. The minimum Gasteiger partial charge on any atom is -0.343 e. The smallest absolute Gasteiger partial charge is 0.245 e. The molecule has 1 heterocycles. The second-order valence-electron chi connectivity index (χ2n) is 5.57. The van der Waals surface area contributed by atoms with Crippen LogP contribution in [0.4, 0.5) is 4.39 Å². The van der Waals surface area contributed by atoms with Gasteiger partial charge < -0.3 is 10.2 Å². The summed E-state index contributed by atoms with van der Waals surface area (Å²) in [6.07, 6.45) is 1.90. The Morgan fingerprint density at radius 2 is 2.00 bits per heavy atom. The van der Waals surface area contributed by atoms with Crippen molar-refractivity contribution >= 4 is 11.8 Å². The maximum Gasteiger partial charge on any atom is 0.245 e. The number of amides is 2. The number of rotatable bonds is 3. The van der Waals surface area contributed by atoms with Crippen molar-refractivity contribution in [2.75, 3.05) is 0 Å². The molecule has 2 unspecified atom stereocenters. The molecule has 0 aromatic heterocycles. The van der Waals surface area contributed by atoms with Gasteiger partial charge in [-0.1, -0.05) is 18.2 Å². The Labute approximate surface area is 117 Å². The van der Waals surface area contributed by atoms with Crippen molar-refractivity contribution in [2.45, 2.75) is 38.4 Å². The number of carbonyl (C=O) groups is 2. The van der Waals surface area contributed by atoms with Crippen molar-refractivity contribution in [3.8, 4) is 0 Å². The Morgan fingerprint density at radius 1 is 1.30 bits per heavy atom. The Bertz CT molecular complexity index is 557. The largest absolute Gasteiger partial charge is 0.343 e. The highest BCUT2D eigenvalue weighted by Crippen LogP contribution is 2.37. The Morgan fingerprint density at radius 3 is 2.65 bits per heavy atom. The van der Waals surface area contributed by atoms with Gasteiger partial charge >= 0.3 is 0 Å². The Hall–Kier alpha value is -1.91. The molecule has 20 heavy (non-hydrogen) atoms. The van der Waals surface area contributed by atoms with E-state index in [1.165, 1.54) is 6.07 Å². The highest BCUT2D eigenvalue weighted by atomic mass is 19.1. The van der Waals surface area contributed by atoms with Crippen LogP contribution in [0.25, 0.3) is 0 Å². The predicted octanol–water partition coefficient (Wildman–Crippen LogP) is 1.45. The van der Waals surface area contributed by atoms with Crippen LogP contribution in [-0.2, 0) is 16.1 Å². The highest BCUT2D eigenvalue weighted by Gasteiger charge is 2.46. The zero-order valence-electron chi connectivity index (χ0n) is 11.3. The first-order chi connectivity index (χ1) is 9.58. The van der Waals surface area contributed by atoms with E-state index in [9.17, 15) is 14.0 Å². The summed E-state index contributed by atoms with van der Waals surface area (Å²) >= 11 is 0. The molecule has 0 radical (unpaired) electrons. The number of benzene rings is 1. The van der Waals surface area contributed by atoms with Crippen molar-refractivity contribution in [3.63, 3.8) is 0 Å². The van der Waals surface area contributed by atoms with Crippen LogP contribution in [0, 0.1) is 11.7 Å². The van der Waals surface area contributed by atoms with Gasteiger partial charge in [-0.25, -0.2) is 4.39 Å². The van der Waals surface area contributed by atoms with Gasteiger partial charge in [0, 0.05) is 12.1 Å². The molecule has 1 N–H and O–H groups in total. The molecule has 1 aromatic carbocycles. The first-order valence-electron chi connectivity index (χ1n) is 6.92. The molecule has 4 nitrogen and oxygen atoms in total. The van der Waals surface area contributed by atoms with Crippen molar-refractivity contribution in [1.29, 1.82) is 0 Å². The van der Waals surface area contributed by atoms with E-state index in [1.807, 2.05) is 0 Å². The van der Waals surface area contributed by atoms with E-state index in [0.717, 1.165) is 12.8 Å².